The molecule has 120 valence electrons. The summed E-state index contributed by atoms with van der Waals surface area (Å²) in [4.78, 5) is 16.4. The minimum absolute atomic E-state index is 0. The van der Waals surface area contributed by atoms with Crippen LogP contribution in [0.2, 0.25) is 0 Å². The molecule has 0 aliphatic heterocycles. The maximum atomic E-state index is 12.1. The molecule has 22 heavy (non-hydrogen) atoms. The highest BCUT2D eigenvalue weighted by Crippen LogP contribution is 2.17. The molecule has 0 fully saturated rings. The molecular formula is C15H22ClN5O. The van der Waals surface area contributed by atoms with E-state index in [-0.39, 0.29) is 23.7 Å². The van der Waals surface area contributed by atoms with Gasteiger partial charge in [-0.05, 0) is 17.5 Å². The molecule has 2 aromatic heterocycles. The molecule has 0 spiro atoms. The van der Waals surface area contributed by atoms with E-state index in [1.807, 2.05) is 45.2 Å². The topological polar surface area (TPSA) is 85.8 Å². The molecule has 2 aromatic rings. The van der Waals surface area contributed by atoms with Crippen molar-refractivity contribution in [3.05, 3.63) is 42.4 Å². The summed E-state index contributed by atoms with van der Waals surface area (Å²) in [6.07, 6.45) is 5.20. The average molecular weight is 324 g/mol. The summed E-state index contributed by atoms with van der Waals surface area (Å²) >= 11 is 0. The molecule has 0 aromatic carbocycles. The largest absolute Gasteiger partial charge is 0.351 e. The summed E-state index contributed by atoms with van der Waals surface area (Å²) < 4.78 is 1.67. The molecule has 0 radical (unpaired) electrons. The third kappa shape index (κ3) is 4.29. The summed E-state index contributed by atoms with van der Waals surface area (Å²) in [6.45, 7) is 6.19. The lowest BCUT2D eigenvalue weighted by Crippen LogP contribution is -2.48. The maximum Gasteiger partial charge on any atom is 0.237 e. The average Bonchev–Trinajstić information content (AvgIpc) is 2.97. The Bertz CT molecular complexity index is 607. The number of amides is 1. The highest BCUT2D eigenvalue weighted by molar-refractivity contribution is 5.85. The highest BCUT2D eigenvalue weighted by atomic mass is 35.5. The molecular weight excluding hydrogens is 302 g/mol. The van der Waals surface area contributed by atoms with Gasteiger partial charge >= 0.3 is 0 Å². The van der Waals surface area contributed by atoms with Crippen molar-refractivity contribution in [2.75, 3.05) is 0 Å². The van der Waals surface area contributed by atoms with Crippen LogP contribution in [0.5, 0.6) is 0 Å². The van der Waals surface area contributed by atoms with E-state index in [1.165, 1.54) is 0 Å². The van der Waals surface area contributed by atoms with Crippen molar-refractivity contribution in [3.63, 3.8) is 0 Å². The van der Waals surface area contributed by atoms with E-state index >= 15 is 0 Å². The highest BCUT2D eigenvalue weighted by Gasteiger charge is 2.27. The number of hydrogen-bond acceptors (Lipinski definition) is 4. The third-order valence-electron chi connectivity index (χ3n) is 3.26. The van der Waals surface area contributed by atoms with Crippen LogP contribution in [0.15, 0.2) is 36.8 Å². The second kappa shape index (κ2) is 7.38. The Balaban J connectivity index is 0.00000242. The lowest BCUT2D eigenvalue weighted by molar-refractivity contribution is -0.124. The van der Waals surface area contributed by atoms with E-state index in [9.17, 15) is 4.79 Å². The summed E-state index contributed by atoms with van der Waals surface area (Å²) in [6, 6.07) is 5.01. The van der Waals surface area contributed by atoms with E-state index in [2.05, 4.69) is 15.4 Å². The fourth-order valence-corrected chi connectivity index (χ4v) is 1.85. The van der Waals surface area contributed by atoms with Gasteiger partial charge in [-0.3, -0.25) is 4.79 Å². The number of halogens is 1. The van der Waals surface area contributed by atoms with Gasteiger partial charge < -0.3 is 11.1 Å². The predicted octanol–water partition coefficient (Wildman–Crippen LogP) is 1.68. The van der Waals surface area contributed by atoms with E-state index in [0.29, 0.717) is 12.4 Å². The minimum atomic E-state index is -0.553. The molecule has 2 rings (SSSR count). The molecule has 3 N–H and O–H groups in total. The second-order valence-corrected chi connectivity index (χ2v) is 6.00. The molecule has 1 atom stereocenters. The zero-order valence-corrected chi connectivity index (χ0v) is 13.8. The SMILES string of the molecule is CC(C)(C)[C@H](N)C(=O)NCc1cccnc1-n1cccn1.Cl. The van der Waals surface area contributed by atoms with Crippen LogP contribution in [0.3, 0.4) is 0 Å². The number of pyridine rings is 1. The van der Waals surface area contributed by atoms with Crippen molar-refractivity contribution >= 4 is 18.3 Å². The molecule has 2 heterocycles. The Morgan fingerprint density at radius 3 is 2.68 bits per heavy atom. The maximum absolute atomic E-state index is 12.1. The zero-order chi connectivity index (χ0) is 15.5. The van der Waals surface area contributed by atoms with Crippen molar-refractivity contribution < 1.29 is 4.79 Å². The van der Waals surface area contributed by atoms with Crippen LogP contribution in [0, 0.1) is 5.41 Å². The van der Waals surface area contributed by atoms with Crippen LogP contribution in [0.1, 0.15) is 26.3 Å². The molecule has 0 saturated heterocycles. The van der Waals surface area contributed by atoms with Crippen LogP contribution < -0.4 is 11.1 Å². The smallest absolute Gasteiger partial charge is 0.237 e. The van der Waals surface area contributed by atoms with Crippen molar-refractivity contribution in [2.45, 2.75) is 33.4 Å². The monoisotopic (exact) mass is 323 g/mol. The number of rotatable bonds is 4. The summed E-state index contributed by atoms with van der Waals surface area (Å²) in [5.74, 6) is 0.532. The first-order valence-corrected chi connectivity index (χ1v) is 6.87. The van der Waals surface area contributed by atoms with Crippen molar-refractivity contribution in [1.82, 2.24) is 20.1 Å². The third-order valence-corrected chi connectivity index (χ3v) is 3.26. The van der Waals surface area contributed by atoms with Gasteiger partial charge in [0.25, 0.3) is 0 Å². The van der Waals surface area contributed by atoms with Gasteiger partial charge in [-0.1, -0.05) is 26.8 Å². The van der Waals surface area contributed by atoms with Gasteiger partial charge in [-0.2, -0.15) is 5.10 Å². The Hall–Kier alpha value is -1.92. The molecule has 0 unspecified atom stereocenters. The molecule has 0 aliphatic rings. The second-order valence-electron chi connectivity index (χ2n) is 6.00. The van der Waals surface area contributed by atoms with Crippen LogP contribution in [0.4, 0.5) is 0 Å². The minimum Gasteiger partial charge on any atom is -0.351 e. The Kier molecular flexibility index (Phi) is 6.08. The van der Waals surface area contributed by atoms with E-state index in [4.69, 9.17) is 5.73 Å². The van der Waals surface area contributed by atoms with Crippen LogP contribution in [-0.2, 0) is 11.3 Å². The quantitative estimate of drug-likeness (QED) is 0.896. The fraction of sp³-hybridized carbons (Fsp3) is 0.400. The fourth-order valence-electron chi connectivity index (χ4n) is 1.85. The zero-order valence-electron chi connectivity index (χ0n) is 13.0. The van der Waals surface area contributed by atoms with Crippen molar-refractivity contribution in [1.29, 1.82) is 0 Å². The molecule has 0 bridgehead atoms. The molecule has 0 aliphatic carbocycles. The Morgan fingerprint density at radius 2 is 2.09 bits per heavy atom. The lowest BCUT2D eigenvalue weighted by atomic mass is 9.87. The van der Waals surface area contributed by atoms with Gasteiger partial charge in [-0.15, -0.1) is 12.4 Å². The summed E-state index contributed by atoms with van der Waals surface area (Å²) in [5.41, 5.74) is 6.56. The van der Waals surface area contributed by atoms with E-state index < -0.39 is 6.04 Å². The molecule has 1 amide bonds. The van der Waals surface area contributed by atoms with Gasteiger partial charge in [-0.25, -0.2) is 9.67 Å². The lowest BCUT2D eigenvalue weighted by Gasteiger charge is -2.25. The van der Waals surface area contributed by atoms with Crippen molar-refractivity contribution in [3.8, 4) is 5.82 Å². The molecule has 0 saturated carbocycles. The summed E-state index contributed by atoms with van der Waals surface area (Å²) in [5, 5.41) is 7.03. The van der Waals surface area contributed by atoms with E-state index in [1.54, 1.807) is 17.1 Å². The van der Waals surface area contributed by atoms with Crippen LogP contribution in [0.25, 0.3) is 5.82 Å². The van der Waals surface area contributed by atoms with Gasteiger partial charge in [0.2, 0.25) is 5.91 Å². The normalized spacial score (nSPS) is 12.4. The van der Waals surface area contributed by atoms with Gasteiger partial charge in [0.15, 0.2) is 5.82 Å². The first-order valence-electron chi connectivity index (χ1n) is 6.87. The van der Waals surface area contributed by atoms with Gasteiger partial charge in [0.05, 0.1) is 6.04 Å². The van der Waals surface area contributed by atoms with Crippen LogP contribution >= 0.6 is 12.4 Å². The van der Waals surface area contributed by atoms with Gasteiger partial charge in [0, 0.05) is 30.7 Å². The molecule has 7 heteroatoms. The number of hydrogen-bond donors (Lipinski definition) is 2. The van der Waals surface area contributed by atoms with E-state index in [0.717, 1.165) is 5.56 Å². The molecule has 6 nitrogen and oxygen atoms in total. The number of carbonyl (C=O) groups excluding carboxylic acids is 1. The Labute approximate surface area is 136 Å². The standard InChI is InChI=1S/C15H21N5O.ClH/c1-15(2,3)12(16)14(21)18-10-11-6-4-7-17-13(11)20-9-5-8-19-20;/h4-9,12H,10,16H2,1-3H3,(H,18,21);1H/t12-;/m1./s1. The van der Waals surface area contributed by atoms with Crippen molar-refractivity contribution in [2.24, 2.45) is 11.1 Å². The number of nitrogens with two attached hydrogens (primary N) is 1. The number of aromatic nitrogens is 3. The Morgan fingerprint density at radius 1 is 1.36 bits per heavy atom. The first kappa shape index (κ1) is 18.1. The number of nitrogens with zero attached hydrogens (tertiary/aromatic N) is 3. The summed E-state index contributed by atoms with van der Waals surface area (Å²) in [7, 11) is 0. The number of nitrogens with one attached hydrogen (secondary N) is 1. The van der Waals surface area contributed by atoms with Gasteiger partial charge in [0.1, 0.15) is 0 Å². The number of carbonyl (C=O) groups is 1. The van der Waals surface area contributed by atoms with Crippen LogP contribution in [-0.4, -0.2) is 26.7 Å². The predicted molar refractivity (Wildman–Crippen MR) is 87.9 cm³/mol. The first-order chi connectivity index (χ1) is 9.89.